The summed E-state index contributed by atoms with van der Waals surface area (Å²) >= 11 is 0. The quantitative estimate of drug-likeness (QED) is 0.674. The van der Waals surface area contributed by atoms with Crippen LogP contribution in [0.2, 0.25) is 0 Å². The molecule has 0 saturated heterocycles. The molecule has 4 nitrogen and oxygen atoms in total. The molecule has 4 heteroatoms. The molecule has 1 amide bonds. The fourth-order valence-corrected chi connectivity index (χ4v) is 3.21. The topological polar surface area (TPSA) is 42.3 Å². The van der Waals surface area contributed by atoms with Crippen molar-refractivity contribution in [1.82, 2.24) is 4.57 Å². The number of amides is 1. The van der Waals surface area contributed by atoms with Crippen LogP contribution in [-0.4, -0.2) is 16.4 Å². The third kappa shape index (κ3) is 2.33. The predicted octanol–water partition coefficient (Wildman–Crippen LogP) is 4.29. The average Bonchev–Trinajstić information content (AvgIpc) is 3.20. The van der Waals surface area contributed by atoms with Crippen LogP contribution >= 0.6 is 0 Å². The van der Waals surface area contributed by atoms with Gasteiger partial charge in [0.1, 0.15) is 0 Å². The zero-order valence-electron chi connectivity index (χ0n) is 13.0. The number of carbonyl (C=O) groups excluding carboxylic acids is 2. The molecule has 1 atom stereocenters. The Kier molecular flexibility index (Phi) is 3.50. The summed E-state index contributed by atoms with van der Waals surface area (Å²) in [7, 11) is 0. The molecule has 118 valence electrons. The molecule has 2 aromatic carbocycles. The lowest BCUT2D eigenvalue weighted by atomic mass is 10.0. The molecule has 1 aliphatic rings. The van der Waals surface area contributed by atoms with E-state index in [1.165, 1.54) is 0 Å². The van der Waals surface area contributed by atoms with Crippen molar-refractivity contribution in [3.63, 3.8) is 0 Å². The number of benzene rings is 2. The Morgan fingerprint density at radius 2 is 1.54 bits per heavy atom. The van der Waals surface area contributed by atoms with E-state index in [-0.39, 0.29) is 24.3 Å². The zero-order chi connectivity index (χ0) is 16.5. The lowest BCUT2D eigenvalue weighted by Crippen LogP contribution is -2.30. The van der Waals surface area contributed by atoms with Gasteiger partial charge >= 0.3 is 6.03 Å². The van der Waals surface area contributed by atoms with Gasteiger partial charge in [0.25, 0.3) is 0 Å². The van der Waals surface area contributed by atoms with E-state index >= 15 is 0 Å². The molecule has 0 fully saturated rings. The van der Waals surface area contributed by atoms with Gasteiger partial charge in [0.05, 0.1) is 11.7 Å². The van der Waals surface area contributed by atoms with E-state index in [0.29, 0.717) is 5.56 Å². The summed E-state index contributed by atoms with van der Waals surface area (Å²) < 4.78 is 1.62. The number of rotatable bonds is 4. The Hall–Kier alpha value is -3.14. The lowest BCUT2D eigenvalue weighted by molar-refractivity contribution is 0.0974. The van der Waals surface area contributed by atoms with Crippen LogP contribution in [0.1, 0.15) is 28.5 Å². The molecule has 4 rings (SSSR count). The maximum atomic E-state index is 12.8. The number of nitrogens with zero attached hydrogens (tertiary/aromatic N) is 2. The van der Waals surface area contributed by atoms with E-state index in [4.69, 9.17) is 0 Å². The molecule has 1 aliphatic heterocycles. The number of anilines is 1. The third-order valence-corrected chi connectivity index (χ3v) is 4.35. The van der Waals surface area contributed by atoms with Gasteiger partial charge in [0.2, 0.25) is 0 Å². The summed E-state index contributed by atoms with van der Waals surface area (Å²) in [4.78, 5) is 27.1. The van der Waals surface area contributed by atoms with Crippen LogP contribution < -0.4 is 4.90 Å². The molecular weight excluding hydrogens is 300 g/mol. The van der Waals surface area contributed by atoms with Crippen molar-refractivity contribution < 1.29 is 9.59 Å². The van der Waals surface area contributed by atoms with E-state index in [2.05, 4.69) is 0 Å². The highest BCUT2D eigenvalue weighted by Crippen LogP contribution is 2.37. The van der Waals surface area contributed by atoms with Gasteiger partial charge in [0.15, 0.2) is 5.78 Å². The molecule has 2 heterocycles. The van der Waals surface area contributed by atoms with Gasteiger partial charge in [-0.3, -0.25) is 14.3 Å². The van der Waals surface area contributed by atoms with E-state index in [9.17, 15) is 9.59 Å². The van der Waals surface area contributed by atoms with Crippen LogP contribution in [0.4, 0.5) is 10.5 Å². The first-order chi connectivity index (χ1) is 11.8. The Bertz CT molecular complexity index is 884. The number of fused-ring (bicyclic) bond motifs is 1. The smallest absolute Gasteiger partial charge is 0.294 e. The summed E-state index contributed by atoms with van der Waals surface area (Å²) in [6.45, 7) is 0. The Labute approximate surface area is 140 Å². The largest absolute Gasteiger partial charge is 0.333 e. The van der Waals surface area contributed by atoms with Gasteiger partial charge in [-0.2, -0.15) is 0 Å². The molecule has 0 bridgehead atoms. The number of hydrogen-bond acceptors (Lipinski definition) is 2. The van der Waals surface area contributed by atoms with Crippen LogP contribution in [0, 0.1) is 0 Å². The van der Waals surface area contributed by atoms with Crippen LogP contribution in [0.3, 0.4) is 0 Å². The summed E-state index contributed by atoms with van der Waals surface area (Å²) in [5.74, 6) is 0.0315. The van der Waals surface area contributed by atoms with E-state index in [1.54, 1.807) is 15.7 Å². The zero-order valence-corrected chi connectivity index (χ0v) is 13.0. The molecule has 0 aliphatic carbocycles. The maximum Gasteiger partial charge on any atom is 0.333 e. The van der Waals surface area contributed by atoms with Crippen molar-refractivity contribution in [2.24, 2.45) is 0 Å². The highest BCUT2D eigenvalue weighted by atomic mass is 16.2. The van der Waals surface area contributed by atoms with Gasteiger partial charge in [-0.05, 0) is 24.3 Å². The molecule has 0 N–H and O–H groups in total. The van der Waals surface area contributed by atoms with Gasteiger partial charge in [0, 0.05) is 23.9 Å². The normalized spacial score (nSPS) is 16.2. The minimum Gasteiger partial charge on any atom is -0.294 e. The predicted molar refractivity (Wildman–Crippen MR) is 92.3 cm³/mol. The van der Waals surface area contributed by atoms with Gasteiger partial charge in [-0.15, -0.1) is 0 Å². The standard InChI is InChI=1S/C20H16N2O2/c23-19(15-8-3-1-4-9-15)14-18-17-12-7-13-21(17)20(24)22(18)16-10-5-2-6-11-16/h1-13,18H,14H2. The van der Waals surface area contributed by atoms with Crippen LogP contribution in [0.15, 0.2) is 79.0 Å². The second-order valence-corrected chi connectivity index (χ2v) is 5.80. The Morgan fingerprint density at radius 3 is 2.25 bits per heavy atom. The first-order valence-corrected chi connectivity index (χ1v) is 7.90. The first-order valence-electron chi connectivity index (χ1n) is 7.90. The second kappa shape index (κ2) is 5.81. The number of ketones is 1. The summed E-state index contributed by atoms with van der Waals surface area (Å²) in [5, 5.41) is 0. The highest BCUT2D eigenvalue weighted by molar-refractivity contribution is 6.01. The monoisotopic (exact) mass is 316 g/mol. The molecule has 1 unspecified atom stereocenters. The van der Waals surface area contributed by atoms with Crippen molar-refractivity contribution in [2.75, 3.05) is 4.90 Å². The van der Waals surface area contributed by atoms with Crippen molar-refractivity contribution >= 4 is 17.5 Å². The lowest BCUT2D eigenvalue weighted by Gasteiger charge is -2.23. The molecule has 24 heavy (non-hydrogen) atoms. The number of aromatic nitrogens is 1. The molecule has 3 aromatic rings. The number of hydrogen-bond donors (Lipinski definition) is 0. The Morgan fingerprint density at radius 1 is 0.875 bits per heavy atom. The fourth-order valence-electron chi connectivity index (χ4n) is 3.21. The van der Waals surface area contributed by atoms with Crippen molar-refractivity contribution in [2.45, 2.75) is 12.5 Å². The molecule has 1 aromatic heterocycles. The minimum atomic E-state index is -0.289. The maximum absolute atomic E-state index is 12.8. The van der Waals surface area contributed by atoms with Crippen molar-refractivity contribution in [1.29, 1.82) is 0 Å². The van der Waals surface area contributed by atoms with Crippen LogP contribution in [0.25, 0.3) is 0 Å². The minimum absolute atomic E-state index is 0.0315. The van der Waals surface area contributed by atoms with Crippen LogP contribution in [-0.2, 0) is 0 Å². The molecule has 0 spiro atoms. The molecular formula is C20H16N2O2. The number of Topliss-reactive ketones (excluding diaryl/α,β-unsaturated/α-hetero) is 1. The van der Waals surface area contributed by atoms with Crippen LogP contribution in [0.5, 0.6) is 0 Å². The number of carbonyl (C=O) groups is 2. The van der Waals surface area contributed by atoms with Gasteiger partial charge < -0.3 is 0 Å². The van der Waals surface area contributed by atoms with Crippen molar-refractivity contribution in [3.8, 4) is 0 Å². The fraction of sp³-hybridized carbons (Fsp3) is 0.100. The van der Waals surface area contributed by atoms with E-state index in [0.717, 1.165) is 11.4 Å². The van der Waals surface area contributed by atoms with Gasteiger partial charge in [-0.25, -0.2) is 4.79 Å². The van der Waals surface area contributed by atoms with Gasteiger partial charge in [-0.1, -0.05) is 48.5 Å². The van der Waals surface area contributed by atoms with E-state index in [1.807, 2.05) is 72.8 Å². The van der Waals surface area contributed by atoms with E-state index < -0.39 is 0 Å². The summed E-state index contributed by atoms with van der Waals surface area (Å²) in [6, 6.07) is 22.0. The molecule has 0 saturated carbocycles. The highest BCUT2D eigenvalue weighted by Gasteiger charge is 2.38. The Balaban J connectivity index is 1.71. The average molecular weight is 316 g/mol. The first kappa shape index (κ1) is 14.5. The number of para-hydroxylation sites is 1. The summed E-state index contributed by atoms with van der Waals surface area (Å²) in [6.07, 6.45) is 2.01. The molecule has 0 radical (unpaired) electrons. The van der Waals surface area contributed by atoms with Crippen molar-refractivity contribution in [3.05, 3.63) is 90.3 Å². The SMILES string of the molecule is O=C(CC1c2cccn2C(=O)N1c1ccccc1)c1ccccc1. The second-order valence-electron chi connectivity index (χ2n) is 5.80. The summed E-state index contributed by atoms with van der Waals surface area (Å²) in [5.41, 5.74) is 2.33. The third-order valence-electron chi connectivity index (χ3n) is 4.35.